The molecular formula is C55H58FN3O6Si. The highest BCUT2D eigenvalue weighted by atomic mass is 28.4. The van der Waals surface area contributed by atoms with E-state index in [0.29, 0.717) is 11.5 Å². The topological polar surface area (TPSA) is 93.1 Å². The molecular weight excluding hydrogens is 846 g/mol. The molecule has 1 saturated heterocycles. The molecule has 0 saturated carbocycles. The third kappa shape index (κ3) is 8.96. The fourth-order valence-corrected chi connectivity index (χ4v) is 9.60. The van der Waals surface area contributed by atoms with Crippen molar-refractivity contribution in [2.24, 2.45) is 0 Å². The van der Waals surface area contributed by atoms with E-state index in [4.69, 9.17) is 23.4 Å². The van der Waals surface area contributed by atoms with Crippen molar-refractivity contribution in [2.45, 2.75) is 74.7 Å². The van der Waals surface area contributed by atoms with Crippen LogP contribution in [0, 0.1) is 0 Å². The quantitative estimate of drug-likeness (QED) is 0.0757. The van der Waals surface area contributed by atoms with Gasteiger partial charge in [-0.15, -0.1) is 0 Å². The Morgan fingerprint density at radius 1 is 0.636 bits per heavy atom. The first-order valence-corrected chi connectivity index (χ1v) is 25.2. The lowest BCUT2D eigenvalue weighted by atomic mass is 9.77. The van der Waals surface area contributed by atoms with Gasteiger partial charge in [0.25, 0.3) is 0 Å². The van der Waals surface area contributed by atoms with Gasteiger partial charge >= 0.3 is 5.69 Å². The molecule has 1 aromatic heterocycles. The lowest BCUT2D eigenvalue weighted by molar-refractivity contribution is -0.103. The number of anilines is 1. The van der Waals surface area contributed by atoms with Gasteiger partial charge in [0.2, 0.25) is 0 Å². The Morgan fingerprint density at radius 3 is 1.50 bits per heavy atom. The number of nitrogens with one attached hydrogen (secondary N) is 1. The largest absolute Gasteiger partial charge is 0.497 e. The van der Waals surface area contributed by atoms with Crippen molar-refractivity contribution < 1.29 is 27.8 Å². The highest BCUT2D eigenvalue weighted by Gasteiger charge is 2.53. The van der Waals surface area contributed by atoms with Crippen molar-refractivity contribution in [1.29, 1.82) is 0 Å². The Morgan fingerprint density at radius 2 is 1.06 bits per heavy atom. The van der Waals surface area contributed by atoms with Gasteiger partial charge in [-0.05, 0) is 81.8 Å². The Balaban J connectivity index is 1.22. The first-order chi connectivity index (χ1) is 31.8. The van der Waals surface area contributed by atoms with E-state index >= 15 is 4.39 Å². The average Bonchev–Trinajstić information content (AvgIpc) is 3.65. The summed E-state index contributed by atoms with van der Waals surface area (Å²) in [5, 5.41) is 3.52. The summed E-state index contributed by atoms with van der Waals surface area (Å²) in [6.07, 6.45) is -3.83. The number of hydrogen-bond donors (Lipinski definition) is 1. The predicted molar refractivity (Wildman–Crippen MR) is 260 cm³/mol. The molecule has 1 unspecified atom stereocenters. The van der Waals surface area contributed by atoms with Crippen molar-refractivity contribution in [3.8, 4) is 11.5 Å². The van der Waals surface area contributed by atoms with Gasteiger partial charge in [-0.3, -0.25) is 4.57 Å². The Kier molecular flexibility index (Phi) is 13.4. The molecule has 11 heteroatoms. The number of halogens is 1. The molecule has 2 heterocycles. The van der Waals surface area contributed by atoms with Gasteiger partial charge in [0.1, 0.15) is 40.7 Å². The molecule has 9 nitrogen and oxygen atoms in total. The van der Waals surface area contributed by atoms with Gasteiger partial charge in [-0.2, -0.15) is 4.98 Å². The molecule has 1 aliphatic rings. The molecule has 6 aromatic carbocycles. The van der Waals surface area contributed by atoms with E-state index in [1.165, 1.54) is 4.57 Å². The van der Waals surface area contributed by atoms with E-state index in [-0.39, 0.29) is 17.5 Å². The highest BCUT2D eigenvalue weighted by Crippen LogP contribution is 2.47. The number of alkyl halides is 1. The minimum absolute atomic E-state index is 0.0424. The number of benzene rings is 6. The van der Waals surface area contributed by atoms with Crippen LogP contribution in [0.5, 0.6) is 11.5 Å². The first-order valence-electron chi connectivity index (χ1n) is 22.3. The maximum absolute atomic E-state index is 18.0. The third-order valence-corrected chi connectivity index (χ3v) is 17.7. The van der Waals surface area contributed by atoms with Crippen LogP contribution in [0.15, 0.2) is 187 Å². The third-order valence-electron chi connectivity index (χ3n) is 13.2. The minimum atomic E-state index is -2.39. The van der Waals surface area contributed by atoms with E-state index in [9.17, 15) is 4.79 Å². The molecule has 7 aromatic rings. The molecule has 66 heavy (non-hydrogen) atoms. The van der Waals surface area contributed by atoms with Crippen LogP contribution in [0.25, 0.3) is 0 Å². The van der Waals surface area contributed by atoms with Gasteiger partial charge in [-0.1, -0.05) is 166 Å². The van der Waals surface area contributed by atoms with Gasteiger partial charge in [-0.25, -0.2) is 9.18 Å². The van der Waals surface area contributed by atoms with Crippen LogP contribution in [0.1, 0.15) is 60.4 Å². The zero-order chi connectivity index (χ0) is 46.5. The Labute approximate surface area is 388 Å². The molecule has 340 valence electrons. The van der Waals surface area contributed by atoms with Crippen molar-refractivity contribution in [3.05, 3.63) is 226 Å². The second-order valence-corrected chi connectivity index (χ2v) is 23.0. The Hall–Kier alpha value is -6.37. The van der Waals surface area contributed by atoms with Crippen LogP contribution in [-0.2, 0) is 25.0 Å². The van der Waals surface area contributed by atoms with Crippen molar-refractivity contribution >= 4 is 14.1 Å². The number of nitrogens with zero attached hydrogens (tertiary/aromatic N) is 2. The molecule has 1 fully saturated rings. The zero-order valence-corrected chi connectivity index (χ0v) is 39.6. The first kappa shape index (κ1) is 46.2. The molecule has 0 radical (unpaired) electrons. The summed E-state index contributed by atoms with van der Waals surface area (Å²) in [5.41, 5.74) is 2.01. The highest BCUT2D eigenvalue weighted by molar-refractivity contribution is 6.74. The summed E-state index contributed by atoms with van der Waals surface area (Å²) in [7, 11) is 0.864. The summed E-state index contributed by atoms with van der Waals surface area (Å²) in [5.74, 6) is 1.65. The second-order valence-electron chi connectivity index (χ2n) is 18.1. The maximum Gasteiger partial charge on any atom is 0.351 e. The molecule has 0 amide bonds. The van der Waals surface area contributed by atoms with Gasteiger partial charge in [0.15, 0.2) is 20.7 Å². The summed E-state index contributed by atoms with van der Waals surface area (Å²) in [4.78, 5) is 19.1. The number of ether oxygens (including phenoxy) is 4. The van der Waals surface area contributed by atoms with Crippen molar-refractivity contribution in [2.75, 3.05) is 26.1 Å². The SMILES string of the molecule is COc1ccc(C(Nc2ccn(C3O[C@H](CO[Si](C)(C)C(C)(C)C)[C@@H](OC(c4ccccc4)(c4ccccc4)c4ccc(OC)cc4)[C@H]3F)c(=O)n2)(c2ccccc2)c2ccccc2)cc1. The van der Waals surface area contributed by atoms with Crippen LogP contribution in [0.2, 0.25) is 18.1 Å². The monoisotopic (exact) mass is 903 g/mol. The van der Waals surface area contributed by atoms with E-state index < -0.39 is 49.8 Å². The van der Waals surface area contributed by atoms with E-state index in [2.05, 4.69) is 44.2 Å². The molecule has 1 N–H and O–H groups in total. The lowest BCUT2D eigenvalue weighted by Crippen LogP contribution is -2.47. The van der Waals surface area contributed by atoms with Crippen molar-refractivity contribution in [3.63, 3.8) is 0 Å². The number of methoxy groups -OCH3 is 2. The number of aromatic nitrogens is 2. The average molecular weight is 904 g/mol. The van der Waals surface area contributed by atoms with Gasteiger partial charge < -0.3 is 28.7 Å². The van der Waals surface area contributed by atoms with Crippen LogP contribution in [-0.4, -0.2) is 57.1 Å². The van der Waals surface area contributed by atoms with Crippen LogP contribution in [0.3, 0.4) is 0 Å². The summed E-state index contributed by atoms with van der Waals surface area (Å²) < 4.78 is 51.1. The lowest BCUT2D eigenvalue weighted by Gasteiger charge is -2.40. The molecule has 0 bridgehead atoms. The fraction of sp³-hybridized carbons (Fsp3) is 0.273. The summed E-state index contributed by atoms with van der Waals surface area (Å²) in [6, 6.07) is 56.7. The van der Waals surface area contributed by atoms with Crippen molar-refractivity contribution in [1.82, 2.24) is 9.55 Å². The van der Waals surface area contributed by atoms with Gasteiger partial charge in [0.05, 0.1) is 20.8 Å². The van der Waals surface area contributed by atoms with Crippen LogP contribution >= 0.6 is 0 Å². The predicted octanol–water partition coefficient (Wildman–Crippen LogP) is 11.3. The molecule has 8 rings (SSSR count). The minimum Gasteiger partial charge on any atom is -0.497 e. The molecule has 1 aliphatic heterocycles. The molecule has 0 aliphatic carbocycles. The van der Waals surface area contributed by atoms with Crippen LogP contribution in [0.4, 0.5) is 10.2 Å². The summed E-state index contributed by atoms with van der Waals surface area (Å²) >= 11 is 0. The van der Waals surface area contributed by atoms with Gasteiger partial charge in [0, 0.05) is 6.20 Å². The normalized spacial score (nSPS) is 17.9. The summed E-state index contributed by atoms with van der Waals surface area (Å²) in [6.45, 7) is 10.8. The number of hydrogen-bond acceptors (Lipinski definition) is 8. The molecule has 4 atom stereocenters. The standard InChI is InChI=1S/C55H58FN3O6Si/c1-53(2,3)66(6,7)63-38-47-50(65-55(42-24-16-10-17-25-42,43-26-18-11-19-27-43)44-30-34-46(62-5)35-31-44)49(56)51(64-47)59-37-36-48(57-52(59)60)58-54(39-20-12-8-13-21-39,40-22-14-9-15-23-40)41-28-32-45(61-4)33-29-41/h8-37,47,49-51H,38H2,1-7H3,(H,57,58,60)/t47-,49-,50-,51?/m1/s1. The second kappa shape index (κ2) is 19.2. The van der Waals surface area contributed by atoms with E-state index in [0.717, 1.165) is 33.4 Å². The van der Waals surface area contributed by atoms with Crippen LogP contribution < -0.4 is 20.5 Å². The number of rotatable bonds is 16. The fourth-order valence-electron chi connectivity index (χ4n) is 8.58. The molecule has 0 spiro atoms. The van der Waals surface area contributed by atoms with E-state index in [1.807, 2.05) is 170 Å². The Bertz CT molecular complexity index is 2640. The maximum atomic E-state index is 18.0. The smallest absolute Gasteiger partial charge is 0.351 e. The zero-order valence-electron chi connectivity index (χ0n) is 38.6. The van der Waals surface area contributed by atoms with E-state index in [1.54, 1.807) is 26.5 Å².